The molecule has 0 N–H and O–H groups in total. The first-order chi connectivity index (χ1) is 31.0. The van der Waals surface area contributed by atoms with E-state index in [0.717, 1.165) is 70.6 Å². The smallest absolute Gasteiger partial charge is 0.306 e. The molecule has 0 spiro atoms. The standard InChI is InChI=1S/C57H98O6/c1-4-7-10-13-16-19-22-25-27-28-30-32-35-38-41-44-47-50-56(59)62-53-54(52-61-55(58)49-46-43-40-37-34-31-24-21-18-15-12-9-6-3)63-57(60)51-48-45-42-39-36-33-29-26-23-20-17-14-11-8-5-2/h8,11,14,17,20,23,25,27,31,34,40,43,54H,4-7,9-10,12-13,15-16,18-19,21-22,24,26,28-30,32-33,35-39,41-42,44-53H2,1-3H3/b11-8+,17-14+,23-20+,27-25+,34-31+,43-40+. The van der Waals surface area contributed by atoms with Crippen LogP contribution in [-0.2, 0) is 28.6 Å². The van der Waals surface area contributed by atoms with Gasteiger partial charge in [0, 0.05) is 19.3 Å². The second-order valence-corrected chi connectivity index (χ2v) is 17.5. The van der Waals surface area contributed by atoms with Crippen molar-refractivity contribution in [2.45, 2.75) is 258 Å². The number of carbonyl (C=O) groups excluding carboxylic acids is 3. The summed E-state index contributed by atoms with van der Waals surface area (Å²) in [5.74, 6) is -0.984. The summed E-state index contributed by atoms with van der Waals surface area (Å²) in [5.41, 5.74) is 0. The summed E-state index contributed by atoms with van der Waals surface area (Å²) in [5, 5.41) is 0. The molecule has 0 rings (SSSR count). The van der Waals surface area contributed by atoms with Gasteiger partial charge >= 0.3 is 17.9 Å². The highest BCUT2D eigenvalue weighted by Crippen LogP contribution is 2.14. The van der Waals surface area contributed by atoms with E-state index in [9.17, 15) is 14.4 Å². The molecule has 63 heavy (non-hydrogen) atoms. The third kappa shape index (κ3) is 49.7. The topological polar surface area (TPSA) is 78.9 Å². The largest absolute Gasteiger partial charge is 0.462 e. The molecular formula is C57H98O6. The fourth-order valence-corrected chi connectivity index (χ4v) is 7.25. The molecule has 0 aromatic carbocycles. The van der Waals surface area contributed by atoms with Crippen LogP contribution in [0.15, 0.2) is 72.9 Å². The molecule has 0 amide bonds. The lowest BCUT2D eigenvalue weighted by molar-refractivity contribution is -0.166. The zero-order valence-corrected chi connectivity index (χ0v) is 41.3. The average molecular weight is 879 g/mol. The van der Waals surface area contributed by atoms with Crippen LogP contribution in [-0.4, -0.2) is 37.2 Å². The Morgan fingerprint density at radius 3 is 1.19 bits per heavy atom. The zero-order valence-electron chi connectivity index (χ0n) is 41.3. The van der Waals surface area contributed by atoms with Gasteiger partial charge in [0.1, 0.15) is 13.2 Å². The van der Waals surface area contributed by atoms with Crippen LogP contribution in [0.5, 0.6) is 0 Å². The Morgan fingerprint density at radius 2 is 0.714 bits per heavy atom. The van der Waals surface area contributed by atoms with Crippen LogP contribution in [0.1, 0.15) is 252 Å². The van der Waals surface area contributed by atoms with E-state index in [-0.39, 0.29) is 37.5 Å². The van der Waals surface area contributed by atoms with Crippen LogP contribution in [0.2, 0.25) is 0 Å². The van der Waals surface area contributed by atoms with Gasteiger partial charge in [-0.15, -0.1) is 0 Å². The normalized spacial score (nSPS) is 12.6. The molecule has 1 atom stereocenters. The number of hydrogen-bond donors (Lipinski definition) is 0. The Kier molecular flexibility index (Phi) is 48.9. The van der Waals surface area contributed by atoms with Crippen LogP contribution in [0.4, 0.5) is 0 Å². The van der Waals surface area contributed by atoms with Crippen LogP contribution < -0.4 is 0 Å². The summed E-state index contributed by atoms with van der Waals surface area (Å²) in [6.07, 6.45) is 64.7. The minimum atomic E-state index is -0.805. The molecule has 0 fully saturated rings. The molecule has 0 aliphatic carbocycles. The van der Waals surface area contributed by atoms with Gasteiger partial charge in [0.2, 0.25) is 0 Å². The summed E-state index contributed by atoms with van der Waals surface area (Å²) < 4.78 is 16.7. The Balaban J connectivity index is 4.44. The molecule has 0 aliphatic heterocycles. The van der Waals surface area contributed by atoms with Gasteiger partial charge in [0.05, 0.1) is 0 Å². The molecular weight excluding hydrogens is 781 g/mol. The molecule has 6 nitrogen and oxygen atoms in total. The minimum absolute atomic E-state index is 0.0996. The number of hydrogen-bond acceptors (Lipinski definition) is 6. The molecule has 0 saturated heterocycles. The van der Waals surface area contributed by atoms with E-state index in [1.807, 2.05) is 6.08 Å². The Bertz CT molecular complexity index is 1190. The Labute approximate surface area is 389 Å². The monoisotopic (exact) mass is 879 g/mol. The first-order valence-electron chi connectivity index (χ1n) is 26.5. The van der Waals surface area contributed by atoms with Crippen molar-refractivity contribution in [1.82, 2.24) is 0 Å². The second-order valence-electron chi connectivity index (χ2n) is 17.5. The maximum Gasteiger partial charge on any atom is 0.306 e. The number of esters is 3. The summed E-state index contributed by atoms with van der Waals surface area (Å²) in [4.78, 5) is 38.0. The number of ether oxygens (including phenoxy) is 3. The Morgan fingerprint density at radius 1 is 0.349 bits per heavy atom. The van der Waals surface area contributed by atoms with Gasteiger partial charge in [-0.1, -0.05) is 222 Å². The molecule has 0 aliphatic rings. The SMILES string of the molecule is CC/C=C/C=C/C=C/CCCCCCCCCC(=O)OC(COC(=O)CC/C=C/C/C=C/CCCCCCCC)COC(=O)CCCCCCCCC/C=C/CCCCCCCC. The highest BCUT2D eigenvalue weighted by atomic mass is 16.6. The lowest BCUT2D eigenvalue weighted by Crippen LogP contribution is -2.30. The first-order valence-corrected chi connectivity index (χ1v) is 26.5. The number of unbranched alkanes of at least 4 members (excludes halogenated alkanes) is 26. The number of allylic oxidation sites excluding steroid dienone is 12. The van der Waals surface area contributed by atoms with E-state index in [0.29, 0.717) is 19.3 Å². The van der Waals surface area contributed by atoms with E-state index >= 15 is 0 Å². The number of carbonyl (C=O) groups is 3. The van der Waals surface area contributed by atoms with Crippen LogP contribution in [0.25, 0.3) is 0 Å². The van der Waals surface area contributed by atoms with E-state index in [4.69, 9.17) is 14.2 Å². The van der Waals surface area contributed by atoms with E-state index in [2.05, 4.69) is 87.6 Å². The van der Waals surface area contributed by atoms with Gasteiger partial charge in [-0.2, -0.15) is 0 Å². The van der Waals surface area contributed by atoms with Crippen molar-refractivity contribution in [1.29, 1.82) is 0 Å². The predicted molar refractivity (Wildman–Crippen MR) is 270 cm³/mol. The molecule has 6 heteroatoms. The van der Waals surface area contributed by atoms with Crippen molar-refractivity contribution in [2.75, 3.05) is 13.2 Å². The summed E-state index contributed by atoms with van der Waals surface area (Å²) in [6.45, 7) is 6.44. The van der Waals surface area contributed by atoms with E-state index in [1.165, 1.54) is 135 Å². The van der Waals surface area contributed by atoms with Gasteiger partial charge in [0.15, 0.2) is 6.10 Å². The van der Waals surface area contributed by atoms with Crippen molar-refractivity contribution in [3.8, 4) is 0 Å². The molecule has 0 heterocycles. The highest BCUT2D eigenvalue weighted by molar-refractivity contribution is 5.71. The van der Waals surface area contributed by atoms with Gasteiger partial charge in [0.25, 0.3) is 0 Å². The zero-order chi connectivity index (χ0) is 45.8. The summed E-state index contributed by atoms with van der Waals surface area (Å²) in [6, 6.07) is 0. The predicted octanol–water partition coefficient (Wildman–Crippen LogP) is 17.4. The van der Waals surface area contributed by atoms with Crippen molar-refractivity contribution >= 4 is 17.9 Å². The highest BCUT2D eigenvalue weighted by Gasteiger charge is 2.19. The number of rotatable bonds is 47. The lowest BCUT2D eigenvalue weighted by atomic mass is 10.1. The molecule has 0 aromatic heterocycles. The third-order valence-corrected chi connectivity index (χ3v) is 11.2. The maximum atomic E-state index is 12.8. The molecule has 0 aromatic rings. The van der Waals surface area contributed by atoms with Gasteiger partial charge in [-0.25, -0.2) is 0 Å². The van der Waals surface area contributed by atoms with E-state index < -0.39 is 6.10 Å². The van der Waals surface area contributed by atoms with Gasteiger partial charge in [-0.3, -0.25) is 14.4 Å². The van der Waals surface area contributed by atoms with Crippen molar-refractivity contribution in [3.63, 3.8) is 0 Å². The molecule has 1 unspecified atom stereocenters. The van der Waals surface area contributed by atoms with Crippen LogP contribution >= 0.6 is 0 Å². The average Bonchev–Trinajstić information content (AvgIpc) is 3.28. The van der Waals surface area contributed by atoms with Crippen molar-refractivity contribution in [3.05, 3.63) is 72.9 Å². The molecule has 0 radical (unpaired) electrons. The quantitative estimate of drug-likeness (QED) is 0.0199. The summed E-state index contributed by atoms with van der Waals surface area (Å²) >= 11 is 0. The van der Waals surface area contributed by atoms with Crippen molar-refractivity contribution in [2.24, 2.45) is 0 Å². The van der Waals surface area contributed by atoms with Crippen LogP contribution in [0, 0.1) is 0 Å². The fourth-order valence-electron chi connectivity index (χ4n) is 7.25. The Hall–Kier alpha value is -3.15. The molecule has 0 bridgehead atoms. The first kappa shape index (κ1) is 59.9. The van der Waals surface area contributed by atoms with E-state index in [1.54, 1.807) is 0 Å². The fraction of sp³-hybridized carbons (Fsp3) is 0.737. The lowest BCUT2D eigenvalue weighted by Gasteiger charge is -2.18. The second kappa shape index (κ2) is 51.5. The van der Waals surface area contributed by atoms with Gasteiger partial charge in [-0.05, 0) is 83.5 Å². The van der Waals surface area contributed by atoms with Crippen LogP contribution in [0.3, 0.4) is 0 Å². The molecule has 0 saturated carbocycles. The summed E-state index contributed by atoms with van der Waals surface area (Å²) in [7, 11) is 0. The third-order valence-electron chi connectivity index (χ3n) is 11.2. The van der Waals surface area contributed by atoms with Crippen molar-refractivity contribution < 1.29 is 28.6 Å². The van der Waals surface area contributed by atoms with Gasteiger partial charge < -0.3 is 14.2 Å². The minimum Gasteiger partial charge on any atom is -0.462 e. The maximum absolute atomic E-state index is 12.8. The molecule has 362 valence electrons.